The lowest BCUT2D eigenvalue weighted by atomic mass is 10.1. The van der Waals surface area contributed by atoms with Gasteiger partial charge in [0.15, 0.2) is 0 Å². The minimum Gasteiger partial charge on any atom is -0.478 e. The molecule has 16 heavy (non-hydrogen) atoms. The van der Waals surface area contributed by atoms with Gasteiger partial charge in [-0.1, -0.05) is 0 Å². The summed E-state index contributed by atoms with van der Waals surface area (Å²) in [5.74, 6) is 1.16. The van der Waals surface area contributed by atoms with Gasteiger partial charge in [-0.15, -0.1) is 0 Å². The summed E-state index contributed by atoms with van der Waals surface area (Å²) in [6, 6.07) is 0. The molecule has 0 spiro atoms. The number of carbonyl (C=O) groups is 1. The number of carboxylic acid groups (broad SMARTS) is 1. The SMILES string of the molecule is CSCCc1ncc(C(=O)O)c(C2CC2)n1. The monoisotopic (exact) mass is 238 g/mol. The van der Waals surface area contributed by atoms with E-state index in [0.717, 1.165) is 36.5 Å². The second-order valence-corrected chi connectivity index (χ2v) is 4.89. The van der Waals surface area contributed by atoms with Crippen LogP contribution in [0, 0.1) is 0 Å². The van der Waals surface area contributed by atoms with E-state index in [0.29, 0.717) is 5.92 Å². The molecule has 1 aromatic heterocycles. The Balaban J connectivity index is 2.25. The Hall–Kier alpha value is -1.10. The molecule has 1 aromatic rings. The third kappa shape index (κ3) is 2.52. The number of aromatic nitrogens is 2. The van der Waals surface area contributed by atoms with Gasteiger partial charge in [-0.3, -0.25) is 0 Å². The number of rotatable bonds is 5. The fraction of sp³-hybridized carbons (Fsp3) is 0.545. The van der Waals surface area contributed by atoms with Gasteiger partial charge in [-0.05, 0) is 19.1 Å². The van der Waals surface area contributed by atoms with E-state index in [1.54, 1.807) is 11.8 Å². The Labute approximate surface area is 98.5 Å². The summed E-state index contributed by atoms with van der Waals surface area (Å²) >= 11 is 1.74. The first-order valence-electron chi connectivity index (χ1n) is 5.30. The summed E-state index contributed by atoms with van der Waals surface area (Å²) in [5.41, 5.74) is 1.01. The maximum Gasteiger partial charge on any atom is 0.339 e. The molecule has 1 fully saturated rings. The first-order chi connectivity index (χ1) is 7.72. The van der Waals surface area contributed by atoms with Crippen molar-refractivity contribution >= 4 is 17.7 Å². The summed E-state index contributed by atoms with van der Waals surface area (Å²) in [7, 11) is 0. The first-order valence-corrected chi connectivity index (χ1v) is 6.69. The largest absolute Gasteiger partial charge is 0.478 e. The highest BCUT2D eigenvalue weighted by Crippen LogP contribution is 2.40. The molecule has 0 amide bonds. The highest BCUT2D eigenvalue weighted by Gasteiger charge is 2.30. The standard InChI is InChI=1S/C11H14N2O2S/c1-16-5-4-9-12-6-8(11(14)15)10(13-9)7-2-3-7/h6-7H,2-5H2,1H3,(H,14,15). The fourth-order valence-corrected chi connectivity index (χ4v) is 1.97. The Morgan fingerprint density at radius 1 is 1.62 bits per heavy atom. The Bertz CT molecular complexity index is 405. The van der Waals surface area contributed by atoms with E-state index in [2.05, 4.69) is 9.97 Å². The van der Waals surface area contributed by atoms with Crippen molar-refractivity contribution in [3.8, 4) is 0 Å². The average Bonchev–Trinajstić information content (AvgIpc) is 3.09. The van der Waals surface area contributed by atoms with Crippen LogP contribution in [0.1, 0.15) is 40.6 Å². The maximum absolute atomic E-state index is 11.0. The molecule has 1 heterocycles. The molecule has 0 saturated heterocycles. The van der Waals surface area contributed by atoms with Crippen molar-refractivity contribution in [1.29, 1.82) is 0 Å². The molecule has 4 nitrogen and oxygen atoms in total. The summed E-state index contributed by atoms with van der Waals surface area (Å²) < 4.78 is 0. The maximum atomic E-state index is 11.0. The number of hydrogen-bond acceptors (Lipinski definition) is 4. The third-order valence-electron chi connectivity index (χ3n) is 2.59. The molecular formula is C11H14N2O2S. The van der Waals surface area contributed by atoms with E-state index in [9.17, 15) is 4.79 Å². The van der Waals surface area contributed by atoms with Gasteiger partial charge in [0.1, 0.15) is 5.82 Å². The molecule has 0 radical (unpaired) electrons. The predicted molar refractivity (Wildman–Crippen MR) is 63.1 cm³/mol. The second-order valence-electron chi connectivity index (χ2n) is 3.91. The van der Waals surface area contributed by atoms with Crippen molar-refractivity contribution in [2.75, 3.05) is 12.0 Å². The van der Waals surface area contributed by atoms with Crippen molar-refractivity contribution < 1.29 is 9.90 Å². The minimum atomic E-state index is -0.918. The summed E-state index contributed by atoms with van der Waals surface area (Å²) in [4.78, 5) is 19.5. The zero-order valence-electron chi connectivity index (χ0n) is 9.14. The molecule has 5 heteroatoms. The van der Waals surface area contributed by atoms with Crippen LogP contribution in [0.2, 0.25) is 0 Å². The molecule has 1 aliphatic carbocycles. The number of aryl methyl sites for hydroxylation is 1. The predicted octanol–water partition coefficient (Wildman–Crippen LogP) is 1.96. The molecule has 2 rings (SSSR count). The molecule has 1 aliphatic rings. The van der Waals surface area contributed by atoms with Crippen molar-refractivity contribution in [3.05, 3.63) is 23.3 Å². The van der Waals surface area contributed by atoms with Crippen LogP contribution in [0.15, 0.2) is 6.20 Å². The van der Waals surface area contributed by atoms with Gasteiger partial charge in [0.25, 0.3) is 0 Å². The van der Waals surface area contributed by atoms with E-state index in [4.69, 9.17) is 5.11 Å². The van der Waals surface area contributed by atoms with Gasteiger partial charge in [-0.2, -0.15) is 11.8 Å². The second kappa shape index (κ2) is 4.82. The van der Waals surface area contributed by atoms with E-state index in [1.807, 2.05) is 6.26 Å². The number of carboxylic acids is 1. The fourth-order valence-electron chi connectivity index (χ4n) is 1.58. The van der Waals surface area contributed by atoms with Crippen LogP contribution in [0.3, 0.4) is 0 Å². The Morgan fingerprint density at radius 2 is 2.38 bits per heavy atom. The summed E-state index contributed by atoms with van der Waals surface area (Å²) in [6.45, 7) is 0. The molecule has 86 valence electrons. The lowest BCUT2D eigenvalue weighted by molar-refractivity contribution is 0.0694. The molecule has 0 unspecified atom stereocenters. The molecule has 0 aliphatic heterocycles. The van der Waals surface area contributed by atoms with E-state index < -0.39 is 5.97 Å². The Kier molecular flexibility index (Phi) is 3.43. The molecule has 0 aromatic carbocycles. The lowest BCUT2D eigenvalue weighted by Crippen LogP contribution is -2.08. The van der Waals surface area contributed by atoms with Crippen LogP contribution >= 0.6 is 11.8 Å². The van der Waals surface area contributed by atoms with E-state index in [-0.39, 0.29) is 5.56 Å². The van der Waals surface area contributed by atoms with Crippen molar-refractivity contribution in [2.45, 2.75) is 25.2 Å². The van der Waals surface area contributed by atoms with Gasteiger partial charge in [0, 0.05) is 24.3 Å². The Morgan fingerprint density at radius 3 is 2.94 bits per heavy atom. The van der Waals surface area contributed by atoms with Crippen molar-refractivity contribution in [3.63, 3.8) is 0 Å². The molecule has 1 N–H and O–H groups in total. The van der Waals surface area contributed by atoms with Crippen LogP contribution < -0.4 is 0 Å². The molecular weight excluding hydrogens is 224 g/mol. The van der Waals surface area contributed by atoms with Crippen LogP contribution in [-0.2, 0) is 6.42 Å². The van der Waals surface area contributed by atoms with E-state index in [1.165, 1.54) is 6.20 Å². The molecule has 0 bridgehead atoms. The molecule has 1 saturated carbocycles. The number of nitrogens with zero attached hydrogens (tertiary/aromatic N) is 2. The van der Waals surface area contributed by atoms with Crippen LogP contribution in [0.4, 0.5) is 0 Å². The van der Waals surface area contributed by atoms with Gasteiger partial charge < -0.3 is 5.11 Å². The topological polar surface area (TPSA) is 63.1 Å². The normalized spacial score (nSPS) is 15.1. The quantitative estimate of drug-likeness (QED) is 0.849. The zero-order valence-corrected chi connectivity index (χ0v) is 9.96. The number of hydrogen-bond donors (Lipinski definition) is 1. The number of aromatic carboxylic acids is 1. The van der Waals surface area contributed by atoms with Gasteiger partial charge >= 0.3 is 5.97 Å². The first kappa shape index (κ1) is 11.4. The van der Waals surface area contributed by atoms with Gasteiger partial charge in [0.2, 0.25) is 0 Å². The minimum absolute atomic E-state index is 0.274. The van der Waals surface area contributed by atoms with Crippen LogP contribution in [0.5, 0.6) is 0 Å². The highest BCUT2D eigenvalue weighted by molar-refractivity contribution is 7.98. The summed E-state index contributed by atoms with van der Waals surface area (Å²) in [6.07, 6.45) is 6.41. The highest BCUT2D eigenvalue weighted by atomic mass is 32.2. The van der Waals surface area contributed by atoms with Crippen molar-refractivity contribution in [1.82, 2.24) is 9.97 Å². The third-order valence-corrected chi connectivity index (χ3v) is 3.20. The molecule has 0 atom stereocenters. The summed E-state index contributed by atoms with van der Waals surface area (Å²) in [5, 5.41) is 9.03. The van der Waals surface area contributed by atoms with Gasteiger partial charge in [0.05, 0.1) is 11.3 Å². The van der Waals surface area contributed by atoms with E-state index >= 15 is 0 Å². The number of thioether (sulfide) groups is 1. The van der Waals surface area contributed by atoms with Crippen LogP contribution in [0.25, 0.3) is 0 Å². The van der Waals surface area contributed by atoms with Crippen LogP contribution in [-0.4, -0.2) is 33.1 Å². The van der Waals surface area contributed by atoms with Crippen molar-refractivity contribution in [2.24, 2.45) is 0 Å². The zero-order chi connectivity index (χ0) is 11.5. The van der Waals surface area contributed by atoms with Gasteiger partial charge in [-0.25, -0.2) is 14.8 Å². The smallest absolute Gasteiger partial charge is 0.339 e. The average molecular weight is 238 g/mol. The lowest BCUT2D eigenvalue weighted by Gasteiger charge is -2.05.